The van der Waals surface area contributed by atoms with Crippen molar-refractivity contribution in [3.8, 4) is 0 Å². The van der Waals surface area contributed by atoms with Crippen molar-refractivity contribution in [1.29, 1.82) is 0 Å². The first-order valence-electron chi connectivity index (χ1n) is 4.15. The highest BCUT2D eigenvalue weighted by Gasteiger charge is 2.08. The second kappa shape index (κ2) is 3.59. The zero-order valence-electron chi connectivity index (χ0n) is 7.26. The Morgan fingerprint density at radius 3 is 2.71 bits per heavy atom. The van der Waals surface area contributed by atoms with Gasteiger partial charge in [-0.2, -0.15) is 0 Å². The summed E-state index contributed by atoms with van der Waals surface area (Å²) in [4.78, 5) is 4.14. The van der Waals surface area contributed by atoms with E-state index in [-0.39, 0.29) is 0 Å². The quantitative estimate of drug-likeness (QED) is 0.831. The number of fused-ring (bicyclic) bond motifs is 1. The van der Waals surface area contributed by atoms with Crippen LogP contribution in [0.15, 0.2) is 12.1 Å². The van der Waals surface area contributed by atoms with Gasteiger partial charge in [-0.05, 0) is 12.6 Å². The molecular weight excluding hydrogens is 206 g/mol. The van der Waals surface area contributed by atoms with Gasteiger partial charge in [-0.3, -0.25) is 0 Å². The fraction of sp³-hybridized carbons (Fsp3) is 0.222. The van der Waals surface area contributed by atoms with Crippen LogP contribution in [-0.4, -0.2) is 11.5 Å². The van der Waals surface area contributed by atoms with Gasteiger partial charge in [0.15, 0.2) is 11.6 Å². The molecule has 2 aromatic rings. The highest BCUT2D eigenvalue weighted by atomic mass is 32.1. The summed E-state index contributed by atoms with van der Waals surface area (Å²) in [5.41, 5.74) is 5.86. The minimum Gasteiger partial charge on any atom is -0.330 e. The molecule has 0 saturated carbocycles. The van der Waals surface area contributed by atoms with Crippen molar-refractivity contribution in [3.05, 3.63) is 28.8 Å². The number of hydrogen-bond acceptors (Lipinski definition) is 3. The maximum absolute atomic E-state index is 12.8. The van der Waals surface area contributed by atoms with E-state index in [0.717, 1.165) is 11.1 Å². The average molecular weight is 214 g/mol. The Bertz CT molecular complexity index is 428. The van der Waals surface area contributed by atoms with Crippen LogP contribution >= 0.6 is 11.3 Å². The molecule has 0 atom stereocenters. The van der Waals surface area contributed by atoms with Gasteiger partial charge in [-0.25, -0.2) is 13.8 Å². The minimum absolute atomic E-state index is 0.491. The van der Waals surface area contributed by atoms with Crippen LogP contribution in [-0.2, 0) is 6.42 Å². The van der Waals surface area contributed by atoms with E-state index in [1.165, 1.54) is 17.4 Å². The van der Waals surface area contributed by atoms with E-state index in [1.807, 2.05) is 0 Å². The van der Waals surface area contributed by atoms with Crippen LogP contribution in [0, 0.1) is 11.6 Å². The van der Waals surface area contributed by atoms with Gasteiger partial charge in [-0.1, -0.05) is 0 Å². The first kappa shape index (κ1) is 9.48. The Morgan fingerprint density at radius 2 is 2.00 bits per heavy atom. The lowest BCUT2D eigenvalue weighted by Crippen LogP contribution is -2.01. The van der Waals surface area contributed by atoms with Gasteiger partial charge in [0.25, 0.3) is 0 Å². The molecule has 0 radical (unpaired) electrons. The molecule has 0 saturated heterocycles. The Labute approximate surface area is 83.4 Å². The summed E-state index contributed by atoms with van der Waals surface area (Å²) in [6, 6.07) is 2.28. The van der Waals surface area contributed by atoms with Crippen molar-refractivity contribution in [3.63, 3.8) is 0 Å². The monoisotopic (exact) mass is 214 g/mol. The van der Waals surface area contributed by atoms with E-state index in [4.69, 9.17) is 5.73 Å². The molecule has 0 bridgehead atoms. The third-order valence-electron chi connectivity index (χ3n) is 1.83. The van der Waals surface area contributed by atoms with E-state index in [0.29, 0.717) is 23.2 Å². The second-order valence-electron chi connectivity index (χ2n) is 2.88. The summed E-state index contributed by atoms with van der Waals surface area (Å²) in [5.74, 6) is -1.69. The molecular formula is C9H8F2N2S. The second-order valence-corrected chi connectivity index (χ2v) is 4.00. The summed E-state index contributed by atoms with van der Waals surface area (Å²) in [6.45, 7) is 0.491. The van der Waals surface area contributed by atoms with Gasteiger partial charge < -0.3 is 5.73 Å². The van der Waals surface area contributed by atoms with Gasteiger partial charge in [0.2, 0.25) is 0 Å². The third-order valence-corrected chi connectivity index (χ3v) is 2.91. The number of rotatable bonds is 2. The zero-order valence-corrected chi connectivity index (χ0v) is 8.07. The predicted octanol–water partition coefficient (Wildman–Crippen LogP) is 2.08. The molecule has 74 valence electrons. The van der Waals surface area contributed by atoms with E-state index in [1.54, 1.807) is 0 Å². The summed E-state index contributed by atoms with van der Waals surface area (Å²) < 4.78 is 26.3. The Hall–Kier alpha value is -1.07. The fourth-order valence-electron chi connectivity index (χ4n) is 1.20. The number of thiazole rings is 1. The van der Waals surface area contributed by atoms with Crippen molar-refractivity contribution in [1.82, 2.24) is 4.98 Å². The fourth-order valence-corrected chi connectivity index (χ4v) is 2.19. The number of benzene rings is 1. The minimum atomic E-state index is -0.859. The number of hydrogen-bond donors (Lipinski definition) is 1. The zero-order chi connectivity index (χ0) is 10.1. The Morgan fingerprint density at radius 1 is 1.29 bits per heavy atom. The molecule has 0 aliphatic carbocycles. The molecule has 1 heterocycles. The predicted molar refractivity (Wildman–Crippen MR) is 52.3 cm³/mol. The molecule has 0 unspecified atom stereocenters. The first-order valence-corrected chi connectivity index (χ1v) is 4.97. The van der Waals surface area contributed by atoms with Crippen LogP contribution in [0.25, 0.3) is 10.2 Å². The van der Waals surface area contributed by atoms with Crippen molar-refractivity contribution >= 4 is 21.6 Å². The van der Waals surface area contributed by atoms with Crippen molar-refractivity contribution in [2.24, 2.45) is 5.73 Å². The molecule has 0 spiro atoms. The number of nitrogens with zero attached hydrogens (tertiary/aromatic N) is 1. The van der Waals surface area contributed by atoms with E-state index < -0.39 is 11.6 Å². The topological polar surface area (TPSA) is 38.9 Å². The summed E-state index contributed by atoms with van der Waals surface area (Å²) >= 11 is 1.35. The van der Waals surface area contributed by atoms with E-state index >= 15 is 0 Å². The largest absolute Gasteiger partial charge is 0.330 e. The summed E-state index contributed by atoms with van der Waals surface area (Å²) in [5, 5.41) is 0.813. The SMILES string of the molecule is NCCc1nc2cc(F)c(F)cc2s1. The molecule has 2 N–H and O–H groups in total. The first-order chi connectivity index (χ1) is 6.70. The Kier molecular flexibility index (Phi) is 2.43. The van der Waals surface area contributed by atoms with Gasteiger partial charge in [0.1, 0.15) is 0 Å². The van der Waals surface area contributed by atoms with Crippen LogP contribution in [0.3, 0.4) is 0 Å². The van der Waals surface area contributed by atoms with Crippen LogP contribution < -0.4 is 5.73 Å². The lowest BCUT2D eigenvalue weighted by molar-refractivity contribution is 0.511. The van der Waals surface area contributed by atoms with Crippen LogP contribution in [0.5, 0.6) is 0 Å². The molecule has 0 fully saturated rings. The van der Waals surface area contributed by atoms with Crippen LogP contribution in [0.4, 0.5) is 8.78 Å². The number of halogens is 2. The maximum Gasteiger partial charge on any atom is 0.161 e. The average Bonchev–Trinajstić information content (AvgIpc) is 2.48. The lowest BCUT2D eigenvalue weighted by Gasteiger charge is -1.90. The molecule has 0 aliphatic heterocycles. The summed E-state index contributed by atoms with van der Waals surface area (Å²) in [6.07, 6.45) is 0.641. The highest BCUT2D eigenvalue weighted by Crippen LogP contribution is 2.24. The lowest BCUT2D eigenvalue weighted by atomic mass is 10.3. The molecule has 5 heteroatoms. The van der Waals surface area contributed by atoms with Gasteiger partial charge in [0.05, 0.1) is 15.2 Å². The van der Waals surface area contributed by atoms with Gasteiger partial charge in [-0.15, -0.1) is 11.3 Å². The third kappa shape index (κ3) is 1.60. The molecule has 14 heavy (non-hydrogen) atoms. The molecule has 1 aromatic carbocycles. The van der Waals surface area contributed by atoms with Gasteiger partial charge >= 0.3 is 0 Å². The molecule has 0 aliphatic rings. The molecule has 2 rings (SSSR count). The number of nitrogens with two attached hydrogens (primary N) is 1. The van der Waals surface area contributed by atoms with Crippen molar-refractivity contribution < 1.29 is 8.78 Å². The normalized spacial score (nSPS) is 11.1. The molecule has 1 aromatic heterocycles. The molecule has 2 nitrogen and oxygen atoms in total. The molecule has 0 amide bonds. The highest BCUT2D eigenvalue weighted by molar-refractivity contribution is 7.18. The van der Waals surface area contributed by atoms with Gasteiger partial charge in [0, 0.05) is 12.5 Å². The maximum atomic E-state index is 12.8. The smallest absolute Gasteiger partial charge is 0.161 e. The van der Waals surface area contributed by atoms with E-state index in [2.05, 4.69) is 4.98 Å². The van der Waals surface area contributed by atoms with Crippen LogP contribution in [0.1, 0.15) is 5.01 Å². The standard InChI is InChI=1S/C9H8F2N2S/c10-5-3-7-8(4-6(5)11)14-9(13-7)1-2-12/h3-4H,1-2,12H2. The summed E-state index contributed by atoms with van der Waals surface area (Å²) in [7, 11) is 0. The number of aromatic nitrogens is 1. The Balaban J connectivity index is 2.54. The van der Waals surface area contributed by atoms with Crippen molar-refractivity contribution in [2.75, 3.05) is 6.54 Å². The van der Waals surface area contributed by atoms with Crippen LogP contribution in [0.2, 0.25) is 0 Å². The van der Waals surface area contributed by atoms with Crippen molar-refractivity contribution in [2.45, 2.75) is 6.42 Å². The van der Waals surface area contributed by atoms with E-state index in [9.17, 15) is 8.78 Å².